The van der Waals surface area contributed by atoms with Crippen LogP contribution in [0.4, 0.5) is 0 Å². The predicted octanol–water partition coefficient (Wildman–Crippen LogP) is 0.400. The van der Waals surface area contributed by atoms with Crippen molar-refractivity contribution in [1.29, 1.82) is 0 Å². The lowest BCUT2D eigenvalue weighted by Gasteiger charge is -2.15. The molecule has 1 N–H and O–H groups in total. The Hall–Kier alpha value is -1.85. The second-order valence-electron chi connectivity index (χ2n) is 5.62. The van der Waals surface area contributed by atoms with Crippen LogP contribution in [0.3, 0.4) is 0 Å². The topological polar surface area (TPSA) is 67.2 Å². The number of carbonyl (C=O) groups is 2. The molecule has 1 aliphatic carbocycles. The second kappa shape index (κ2) is 5.64. The zero-order chi connectivity index (χ0) is 13.9. The van der Waals surface area contributed by atoms with E-state index in [0.717, 1.165) is 25.8 Å². The fourth-order valence-corrected chi connectivity index (χ4v) is 2.68. The Bertz CT molecular complexity index is 481. The number of aromatic nitrogens is 2. The van der Waals surface area contributed by atoms with Crippen LogP contribution in [-0.2, 0) is 16.1 Å². The Kier molecular flexibility index (Phi) is 3.71. The summed E-state index contributed by atoms with van der Waals surface area (Å²) in [6.45, 7) is 2.10. The number of imidazole rings is 1. The first kappa shape index (κ1) is 13.1. The molecule has 1 atom stereocenters. The molecule has 0 aromatic carbocycles. The van der Waals surface area contributed by atoms with Crippen LogP contribution < -0.4 is 5.32 Å². The minimum atomic E-state index is -0.156. The SMILES string of the molecule is O=C(NCCCn1ccnc1)[C@@H]1CC(=O)N(C2CC2)C1. The number of hydrogen-bond donors (Lipinski definition) is 1. The first-order chi connectivity index (χ1) is 9.74. The van der Waals surface area contributed by atoms with Gasteiger partial charge in [0.1, 0.15) is 0 Å². The van der Waals surface area contributed by atoms with Crippen LogP contribution in [0.1, 0.15) is 25.7 Å². The molecule has 1 aromatic rings. The molecule has 1 saturated heterocycles. The van der Waals surface area contributed by atoms with Gasteiger partial charge in [0.05, 0.1) is 12.2 Å². The Morgan fingerprint density at radius 3 is 3.00 bits per heavy atom. The predicted molar refractivity (Wildman–Crippen MR) is 72.7 cm³/mol. The molecule has 3 rings (SSSR count). The first-order valence-corrected chi connectivity index (χ1v) is 7.27. The van der Waals surface area contributed by atoms with Crippen LogP contribution >= 0.6 is 0 Å². The lowest BCUT2D eigenvalue weighted by Crippen LogP contribution is -2.34. The number of nitrogens with one attached hydrogen (secondary N) is 1. The maximum absolute atomic E-state index is 12.0. The molecule has 1 saturated carbocycles. The molecule has 2 heterocycles. The Balaban J connectivity index is 1.37. The van der Waals surface area contributed by atoms with Gasteiger partial charge in [-0.15, -0.1) is 0 Å². The van der Waals surface area contributed by atoms with E-state index in [-0.39, 0.29) is 17.7 Å². The van der Waals surface area contributed by atoms with Crippen LogP contribution in [0.5, 0.6) is 0 Å². The molecule has 6 heteroatoms. The van der Waals surface area contributed by atoms with Crippen LogP contribution in [0, 0.1) is 5.92 Å². The molecule has 0 bridgehead atoms. The fourth-order valence-electron chi connectivity index (χ4n) is 2.68. The van der Waals surface area contributed by atoms with Crippen molar-refractivity contribution in [2.24, 2.45) is 5.92 Å². The van der Waals surface area contributed by atoms with Crippen LogP contribution in [-0.4, -0.2) is 45.4 Å². The average Bonchev–Trinajstić information content (AvgIpc) is 2.99. The van der Waals surface area contributed by atoms with Gasteiger partial charge in [0.15, 0.2) is 0 Å². The highest BCUT2D eigenvalue weighted by atomic mass is 16.2. The molecule has 1 aromatic heterocycles. The molecule has 20 heavy (non-hydrogen) atoms. The minimum absolute atomic E-state index is 0.0205. The van der Waals surface area contributed by atoms with Crippen molar-refractivity contribution in [3.8, 4) is 0 Å². The smallest absolute Gasteiger partial charge is 0.225 e. The van der Waals surface area contributed by atoms with Crippen molar-refractivity contribution in [3.05, 3.63) is 18.7 Å². The van der Waals surface area contributed by atoms with Crippen LogP contribution in [0.25, 0.3) is 0 Å². The summed E-state index contributed by atoms with van der Waals surface area (Å²) >= 11 is 0. The third kappa shape index (κ3) is 3.00. The quantitative estimate of drug-likeness (QED) is 0.765. The average molecular weight is 276 g/mol. The van der Waals surface area contributed by atoms with E-state index < -0.39 is 0 Å². The molecule has 0 spiro atoms. The minimum Gasteiger partial charge on any atom is -0.356 e. The van der Waals surface area contributed by atoms with Crippen molar-refractivity contribution in [3.63, 3.8) is 0 Å². The Labute approximate surface area is 118 Å². The molecule has 108 valence electrons. The molecule has 6 nitrogen and oxygen atoms in total. The lowest BCUT2D eigenvalue weighted by atomic mass is 10.1. The Morgan fingerprint density at radius 1 is 1.45 bits per heavy atom. The number of carbonyl (C=O) groups excluding carboxylic acids is 2. The molecule has 0 unspecified atom stereocenters. The van der Waals surface area contributed by atoms with Crippen LogP contribution in [0.2, 0.25) is 0 Å². The van der Waals surface area contributed by atoms with Gasteiger partial charge in [0.25, 0.3) is 0 Å². The van der Waals surface area contributed by atoms with E-state index >= 15 is 0 Å². The maximum Gasteiger partial charge on any atom is 0.225 e. The highest BCUT2D eigenvalue weighted by Crippen LogP contribution is 2.32. The standard InChI is InChI=1S/C14H20N4O2/c19-13-8-11(9-18(13)12-2-3-12)14(20)16-4-1-6-17-7-5-15-10-17/h5,7,10-12H,1-4,6,8-9H2,(H,16,20)/t11-/m1/s1. The number of rotatable bonds is 6. The van der Waals surface area contributed by atoms with Gasteiger partial charge < -0.3 is 14.8 Å². The molecular formula is C14H20N4O2. The van der Waals surface area contributed by atoms with Crippen molar-refractivity contribution in [2.75, 3.05) is 13.1 Å². The zero-order valence-electron chi connectivity index (χ0n) is 11.5. The molecule has 1 aliphatic heterocycles. The lowest BCUT2D eigenvalue weighted by molar-refractivity contribution is -0.129. The van der Waals surface area contributed by atoms with Gasteiger partial charge in [-0.1, -0.05) is 0 Å². The third-order valence-corrected chi connectivity index (χ3v) is 3.97. The van der Waals surface area contributed by atoms with Crippen molar-refractivity contribution >= 4 is 11.8 Å². The van der Waals surface area contributed by atoms with E-state index in [1.165, 1.54) is 0 Å². The number of aryl methyl sites for hydroxylation is 1. The van der Waals surface area contributed by atoms with Gasteiger partial charge in [-0.25, -0.2) is 4.98 Å². The highest BCUT2D eigenvalue weighted by molar-refractivity contribution is 5.89. The van der Waals surface area contributed by atoms with Gasteiger partial charge in [0, 0.05) is 44.5 Å². The third-order valence-electron chi connectivity index (χ3n) is 3.97. The van der Waals surface area contributed by atoms with Crippen LogP contribution in [0.15, 0.2) is 18.7 Å². The van der Waals surface area contributed by atoms with E-state index in [1.54, 1.807) is 12.5 Å². The van der Waals surface area contributed by atoms with E-state index in [1.807, 2.05) is 15.7 Å². The molecule has 2 fully saturated rings. The molecular weight excluding hydrogens is 256 g/mol. The summed E-state index contributed by atoms with van der Waals surface area (Å²) in [7, 11) is 0. The summed E-state index contributed by atoms with van der Waals surface area (Å²) < 4.78 is 1.99. The van der Waals surface area contributed by atoms with Gasteiger partial charge in [0.2, 0.25) is 11.8 Å². The van der Waals surface area contributed by atoms with Gasteiger partial charge in [-0.3, -0.25) is 9.59 Å². The number of likely N-dealkylation sites (tertiary alicyclic amines) is 1. The summed E-state index contributed by atoms with van der Waals surface area (Å²) in [5.41, 5.74) is 0. The van der Waals surface area contributed by atoms with Gasteiger partial charge in [-0.05, 0) is 19.3 Å². The summed E-state index contributed by atoms with van der Waals surface area (Å²) in [6.07, 6.45) is 8.88. The fraction of sp³-hybridized carbons (Fsp3) is 0.643. The Morgan fingerprint density at radius 2 is 2.30 bits per heavy atom. The summed E-state index contributed by atoms with van der Waals surface area (Å²) in [5.74, 6) is 0.00883. The van der Waals surface area contributed by atoms with Gasteiger partial charge in [-0.2, -0.15) is 0 Å². The summed E-state index contributed by atoms with van der Waals surface area (Å²) in [6, 6.07) is 0.418. The van der Waals surface area contributed by atoms with Gasteiger partial charge >= 0.3 is 0 Å². The van der Waals surface area contributed by atoms with E-state index in [0.29, 0.717) is 25.6 Å². The largest absolute Gasteiger partial charge is 0.356 e. The molecule has 0 radical (unpaired) electrons. The maximum atomic E-state index is 12.0. The van der Waals surface area contributed by atoms with Crippen molar-refractivity contribution in [1.82, 2.24) is 19.8 Å². The number of amides is 2. The number of hydrogen-bond acceptors (Lipinski definition) is 3. The number of nitrogens with zero attached hydrogens (tertiary/aromatic N) is 3. The summed E-state index contributed by atoms with van der Waals surface area (Å²) in [4.78, 5) is 29.7. The van der Waals surface area contributed by atoms with E-state index in [4.69, 9.17) is 0 Å². The molecule has 2 amide bonds. The normalized spacial score (nSPS) is 22.3. The van der Waals surface area contributed by atoms with E-state index in [2.05, 4.69) is 10.3 Å². The zero-order valence-corrected chi connectivity index (χ0v) is 11.5. The first-order valence-electron chi connectivity index (χ1n) is 7.27. The summed E-state index contributed by atoms with van der Waals surface area (Å²) in [5, 5.41) is 2.94. The second-order valence-corrected chi connectivity index (χ2v) is 5.62. The van der Waals surface area contributed by atoms with Crippen molar-refractivity contribution in [2.45, 2.75) is 38.3 Å². The molecule has 2 aliphatic rings. The van der Waals surface area contributed by atoms with Crippen molar-refractivity contribution < 1.29 is 9.59 Å². The van der Waals surface area contributed by atoms with E-state index in [9.17, 15) is 9.59 Å². The highest BCUT2D eigenvalue weighted by Gasteiger charge is 2.41. The monoisotopic (exact) mass is 276 g/mol.